The van der Waals surface area contributed by atoms with Gasteiger partial charge in [0.1, 0.15) is 11.5 Å². The first kappa shape index (κ1) is 13.2. The summed E-state index contributed by atoms with van der Waals surface area (Å²) in [7, 11) is 0. The molecule has 96 valence electrons. The number of halogens is 1. The number of benzene rings is 1. The molecule has 1 aromatic carbocycles. The first-order chi connectivity index (χ1) is 8.70. The first-order valence-electron chi connectivity index (χ1n) is 5.95. The number of hydrogen-bond acceptors (Lipinski definition) is 3. The van der Waals surface area contributed by atoms with Gasteiger partial charge in [-0.25, -0.2) is 0 Å². The molecule has 18 heavy (non-hydrogen) atoms. The van der Waals surface area contributed by atoms with E-state index in [0.717, 1.165) is 22.2 Å². The maximum Gasteiger partial charge on any atom is 0.120 e. The number of phenolic OH excluding ortho intramolecular Hbond substituents is 1. The smallest absolute Gasteiger partial charge is 0.120 e. The summed E-state index contributed by atoms with van der Waals surface area (Å²) < 4.78 is 6.25. The first-order valence-corrected chi connectivity index (χ1v) is 6.74. The Balaban J connectivity index is 2.10. The zero-order valence-electron chi connectivity index (χ0n) is 10.2. The number of furan rings is 1. The predicted octanol–water partition coefficient (Wildman–Crippen LogP) is 3.99. The van der Waals surface area contributed by atoms with Crippen LogP contribution in [0, 0.1) is 0 Å². The lowest BCUT2D eigenvalue weighted by molar-refractivity contribution is 0.419. The Bertz CT molecular complexity index is 497. The van der Waals surface area contributed by atoms with Gasteiger partial charge >= 0.3 is 0 Å². The minimum absolute atomic E-state index is 0.104. The van der Waals surface area contributed by atoms with Crippen LogP contribution in [0.3, 0.4) is 0 Å². The Kier molecular flexibility index (Phi) is 4.44. The summed E-state index contributed by atoms with van der Waals surface area (Å²) in [6.45, 7) is 2.73. The van der Waals surface area contributed by atoms with E-state index in [1.807, 2.05) is 24.3 Å². The van der Waals surface area contributed by atoms with Gasteiger partial charge in [-0.2, -0.15) is 0 Å². The third-order valence-electron chi connectivity index (χ3n) is 2.88. The van der Waals surface area contributed by atoms with Crippen molar-refractivity contribution in [1.82, 2.24) is 5.32 Å². The quantitative estimate of drug-likeness (QED) is 0.878. The van der Waals surface area contributed by atoms with Gasteiger partial charge in [-0.1, -0.05) is 22.9 Å². The Morgan fingerprint density at radius 3 is 2.89 bits per heavy atom. The molecule has 0 aliphatic carbocycles. The molecule has 0 bridgehead atoms. The van der Waals surface area contributed by atoms with E-state index in [9.17, 15) is 5.11 Å². The molecule has 1 heterocycles. The van der Waals surface area contributed by atoms with Crippen LogP contribution in [0.15, 0.2) is 45.5 Å². The van der Waals surface area contributed by atoms with E-state index in [1.165, 1.54) is 0 Å². The van der Waals surface area contributed by atoms with Crippen molar-refractivity contribution in [3.8, 4) is 5.75 Å². The molecule has 1 atom stereocenters. The minimum atomic E-state index is 0.104. The van der Waals surface area contributed by atoms with Crippen molar-refractivity contribution >= 4 is 15.9 Å². The minimum Gasteiger partial charge on any atom is -0.508 e. The fraction of sp³-hybridized carbons (Fsp3) is 0.286. The molecule has 2 aromatic rings. The van der Waals surface area contributed by atoms with Gasteiger partial charge in [0.25, 0.3) is 0 Å². The zero-order valence-corrected chi connectivity index (χ0v) is 11.8. The molecule has 0 radical (unpaired) electrons. The van der Waals surface area contributed by atoms with Gasteiger partial charge in [0, 0.05) is 16.1 Å². The second kappa shape index (κ2) is 6.07. The molecule has 0 saturated carbocycles. The zero-order chi connectivity index (χ0) is 13.0. The second-order valence-electron chi connectivity index (χ2n) is 4.12. The van der Waals surface area contributed by atoms with Crippen LogP contribution in [0.5, 0.6) is 5.75 Å². The Hall–Kier alpha value is -1.26. The highest BCUT2D eigenvalue weighted by Crippen LogP contribution is 2.29. The summed E-state index contributed by atoms with van der Waals surface area (Å²) in [4.78, 5) is 0. The van der Waals surface area contributed by atoms with Crippen LogP contribution in [0.25, 0.3) is 0 Å². The molecule has 0 aliphatic heterocycles. The van der Waals surface area contributed by atoms with Crippen LogP contribution in [-0.4, -0.2) is 5.11 Å². The van der Waals surface area contributed by atoms with Crippen molar-refractivity contribution < 1.29 is 9.52 Å². The van der Waals surface area contributed by atoms with Crippen molar-refractivity contribution in [3.63, 3.8) is 0 Å². The third-order valence-corrected chi connectivity index (χ3v) is 3.37. The Morgan fingerprint density at radius 1 is 1.39 bits per heavy atom. The molecule has 0 amide bonds. The van der Waals surface area contributed by atoms with E-state index in [-0.39, 0.29) is 6.04 Å². The maximum absolute atomic E-state index is 9.91. The van der Waals surface area contributed by atoms with Gasteiger partial charge < -0.3 is 14.8 Å². The number of nitrogens with one attached hydrogen (secondary N) is 1. The molecule has 1 aromatic heterocycles. The molecule has 2 rings (SSSR count). The summed E-state index contributed by atoms with van der Waals surface area (Å²) in [5, 5.41) is 13.3. The van der Waals surface area contributed by atoms with Crippen LogP contribution in [0.2, 0.25) is 0 Å². The van der Waals surface area contributed by atoms with Gasteiger partial charge in [0.2, 0.25) is 0 Å². The van der Waals surface area contributed by atoms with Crippen LogP contribution in [0.4, 0.5) is 0 Å². The van der Waals surface area contributed by atoms with Crippen molar-refractivity contribution in [3.05, 3.63) is 52.4 Å². The summed E-state index contributed by atoms with van der Waals surface area (Å²) >= 11 is 3.43. The molecule has 0 fully saturated rings. The maximum atomic E-state index is 9.91. The molecule has 0 aliphatic rings. The summed E-state index contributed by atoms with van der Waals surface area (Å²) in [6, 6.07) is 9.38. The topological polar surface area (TPSA) is 45.4 Å². The van der Waals surface area contributed by atoms with Crippen molar-refractivity contribution in [2.75, 3.05) is 0 Å². The Labute approximate surface area is 115 Å². The number of aromatic hydroxyl groups is 1. The van der Waals surface area contributed by atoms with Gasteiger partial charge in [0.05, 0.1) is 12.8 Å². The van der Waals surface area contributed by atoms with E-state index in [1.54, 1.807) is 12.3 Å². The largest absolute Gasteiger partial charge is 0.508 e. The summed E-state index contributed by atoms with van der Waals surface area (Å²) in [5.41, 5.74) is 0.901. The number of rotatable bonds is 5. The lowest BCUT2D eigenvalue weighted by atomic mass is 10.0. The molecule has 0 saturated heterocycles. The van der Waals surface area contributed by atoms with E-state index >= 15 is 0 Å². The van der Waals surface area contributed by atoms with Gasteiger partial charge in [-0.05, 0) is 36.8 Å². The Morgan fingerprint density at radius 2 is 2.22 bits per heavy atom. The average Bonchev–Trinajstić information content (AvgIpc) is 2.87. The van der Waals surface area contributed by atoms with Crippen LogP contribution in [-0.2, 0) is 6.54 Å². The number of phenols is 1. The number of hydrogen-bond donors (Lipinski definition) is 2. The van der Waals surface area contributed by atoms with Gasteiger partial charge in [0.15, 0.2) is 0 Å². The standard InChI is InChI=1S/C14H16BrNO2/c1-2-13(16-9-11-4-3-7-18-11)12-8-10(15)5-6-14(12)17/h3-8,13,16-17H,2,9H2,1H3. The SMILES string of the molecule is CCC(NCc1ccco1)c1cc(Br)ccc1O. The highest BCUT2D eigenvalue weighted by molar-refractivity contribution is 9.10. The highest BCUT2D eigenvalue weighted by atomic mass is 79.9. The molecular weight excluding hydrogens is 294 g/mol. The van der Waals surface area contributed by atoms with E-state index in [0.29, 0.717) is 12.3 Å². The highest BCUT2D eigenvalue weighted by Gasteiger charge is 2.13. The molecule has 4 heteroatoms. The molecule has 0 spiro atoms. The van der Waals surface area contributed by atoms with E-state index < -0.39 is 0 Å². The molecule has 3 nitrogen and oxygen atoms in total. The van der Waals surface area contributed by atoms with E-state index in [2.05, 4.69) is 28.2 Å². The molecule has 1 unspecified atom stereocenters. The molecular formula is C14H16BrNO2. The third kappa shape index (κ3) is 3.15. The lowest BCUT2D eigenvalue weighted by Crippen LogP contribution is -2.20. The molecule has 2 N–H and O–H groups in total. The van der Waals surface area contributed by atoms with Crippen molar-refractivity contribution in [2.24, 2.45) is 0 Å². The predicted molar refractivity (Wildman–Crippen MR) is 74.4 cm³/mol. The van der Waals surface area contributed by atoms with E-state index in [4.69, 9.17) is 4.42 Å². The van der Waals surface area contributed by atoms with Gasteiger partial charge in [-0.3, -0.25) is 0 Å². The van der Waals surface area contributed by atoms with Gasteiger partial charge in [-0.15, -0.1) is 0 Å². The van der Waals surface area contributed by atoms with Crippen molar-refractivity contribution in [2.45, 2.75) is 25.9 Å². The summed E-state index contributed by atoms with van der Waals surface area (Å²) in [5.74, 6) is 1.21. The summed E-state index contributed by atoms with van der Waals surface area (Å²) in [6.07, 6.45) is 2.55. The average molecular weight is 310 g/mol. The van der Waals surface area contributed by atoms with Crippen molar-refractivity contribution in [1.29, 1.82) is 0 Å². The fourth-order valence-electron chi connectivity index (χ4n) is 1.92. The van der Waals surface area contributed by atoms with Crippen LogP contribution < -0.4 is 5.32 Å². The van der Waals surface area contributed by atoms with Crippen LogP contribution >= 0.6 is 15.9 Å². The van der Waals surface area contributed by atoms with Crippen LogP contribution in [0.1, 0.15) is 30.7 Å². The lowest BCUT2D eigenvalue weighted by Gasteiger charge is -2.18. The fourth-order valence-corrected chi connectivity index (χ4v) is 2.29. The second-order valence-corrected chi connectivity index (χ2v) is 5.04. The normalized spacial score (nSPS) is 12.6. The monoisotopic (exact) mass is 309 g/mol.